The highest BCUT2D eigenvalue weighted by atomic mass is 16.5. The van der Waals surface area contributed by atoms with Gasteiger partial charge in [-0.1, -0.05) is 6.07 Å². The predicted octanol–water partition coefficient (Wildman–Crippen LogP) is 1.27. The molecule has 0 aromatic heterocycles. The molecular formula is C14H21N3O3. The Hall–Kier alpha value is -1.79. The molecule has 0 spiro atoms. The number of likely N-dealkylation sites (N-methyl/N-ethyl adjacent to an activating group) is 1. The van der Waals surface area contributed by atoms with E-state index >= 15 is 0 Å². The zero-order chi connectivity index (χ0) is 14.6. The van der Waals surface area contributed by atoms with Gasteiger partial charge < -0.3 is 25.8 Å². The molecule has 0 atom stereocenters. The van der Waals surface area contributed by atoms with Crippen LogP contribution in [0.1, 0.15) is 12.8 Å². The van der Waals surface area contributed by atoms with Gasteiger partial charge in [-0.05, 0) is 18.2 Å². The number of rotatable bonds is 3. The van der Waals surface area contributed by atoms with Crippen molar-refractivity contribution in [2.45, 2.75) is 18.4 Å². The summed E-state index contributed by atoms with van der Waals surface area (Å²) in [6.07, 6.45) is 1.09. The van der Waals surface area contributed by atoms with Crippen LogP contribution in [0.5, 0.6) is 0 Å². The van der Waals surface area contributed by atoms with Gasteiger partial charge in [0.15, 0.2) is 0 Å². The van der Waals surface area contributed by atoms with Gasteiger partial charge in [0.25, 0.3) is 0 Å². The second kappa shape index (κ2) is 6.11. The summed E-state index contributed by atoms with van der Waals surface area (Å²) >= 11 is 0. The van der Waals surface area contributed by atoms with Crippen LogP contribution in [-0.2, 0) is 4.74 Å². The van der Waals surface area contributed by atoms with Crippen molar-refractivity contribution >= 4 is 17.4 Å². The second-order valence-electron chi connectivity index (χ2n) is 5.25. The first kappa shape index (κ1) is 14.6. The highest BCUT2D eigenvalue weighted by Gasteiger charge is 2.32. The highest BCUT2D eigenvalue weighted by molar-refractivity contribution is 5.89. The molecular weight excluding hydrogens is 258 g/mol. The summed E-state index contributed by atoms with van der Waals surface area (Å²) in [6, 6.07) is 6.72. The van der Waals surface area contributed by atoms with Crippen molar-refractivity contribution in [3.63, 3.8) is 0 Å². The smallest absolute Gasteiger partial charge is 0.321 e. The molecule has 0 radical (unpaired) electrons. The number of anilines is 2. The number of hydrogen-bond acceptors (Lipinski definition) is 4. The summed E-state index contributed by atoms with van der Waals surface area (Å²) in [7, 11) is 1.66. The highest BCUT2D eigenvalue weighted by Crippen LogP contribution is 2.21. The Morgan fingerprint density at radius 3 is 2.85 bits per heavy atom. The van der Waals surface area contributed by atoms with Crippen molar-refractivity contribution in [1.82, 2.24) is 4.90 Å². The van der Waals surface area contributed by atoms with Gasteiger partial charge in [0.1, 0.15) is 0 Å². The quantitative estimate of drug-likeness (QED) is 0.727. The van der Waals surface area contributed by atoms with Gasteiger partial charge in [0.05, 0.1) is 12.1 Å². The van der Waals surface area contributed by atoms with Crippen LogP contribution < -0.4 is 11.1 Å². The van der Waals surface area contributed by atoms with Crippen molar-refractivity contribution in [3.8, 4) is 0 Å². The summed E-state index contributed by atoms with van der Waals surface area (Å²) in [5.74, 6) is 0. The van der Waals surface area contributed by atoms with Crippen molar-refractivity contribution in [3.05, 3.63) is 24.3 Å². The zero-order valence-electron chi connectivity index (χ0n) is 11.6. The fourth-order valence-electron chi connectivity index (χ4n) is 2.26. The Kier molecular flexibility index (Phi) is 4.46. The van der Waals surface area contributed by atoms with Gasteiger partial charge in [-0.3, -0.25) is 0 Å². The first-order valence-electron chi connectivity index (χ1n) is 6.66. The third-order valence-corrected chi connectivity index (χ3v) is 3.44. The van der Waals surface area contributed by atoms with Crippen LogP contribution in [0.4, 0.5) is 16.2 Å². The largest absolute Gasteiger partial charge is 0.399 e. The fraction of sp³-hybridized carbons (Fsp3) is 0.500. The van der Waals surface area contributed by atoms with Gasteiger partial charge in [-0.2, -0.15) is 0 Å². The van der Waals surface area contributed by atoms with E-state index in [1.807, 2.05) is 0 Å². The topological polar surface area (TPSA) is 87.8 Å². The van der Waals surface area contributed by atoms with E-state index < -0.39 is 5.60 Å². The Bertz CT molecular complexity index is 472. The summed E-state index contributed by atoms with van der Waals surface area (Å²) in [5, 5.41) is 13.1. The molecule has 6 heteroatoms. The number of benzene rings is 1. The lowest BCUT2D eigenvalue weighted by Gasteiger charge is -2.35. The van der Waals surface area contributed by atoms with E-state index in [0.29, 0.717) is 37.4 Å². The molecule has 2 amide bonds. The monoisotopic (exact) mass is 279 g/mol. The van der Waals surface area contributed by atoms with Crippen LogP contribution in [0.2, 0.25) is 0 Å². The normalized spacial score (nSPS) is 17.5. The van der Waals surface area contributed by atoms with Crippen molar-refractivity contribution in [1.29, 1.82) is 0 Å². The lowest BCUT2D eigenvalue weighted by molar-refractivity contribution is -0.0717. The van der Waals surface area contributed by atoms with E-state index in [0.717, 1.165) is 0 Å². The van der Waals surface area contributed by atoms with Gasteiger partial charge in [0, 0.05) is 44.5 Å². The lowest BCUT2D eigenvalue weighted by Crippen LogP contribution is -2.48. The maximum absolute atomic E-state index is 12.1. The number of amides is 2. The molecule has 2 rings (SSSR count). The van der Waals surface area contributed by atoms with E-state index in [4.69, 9.17) is 10.5 Å². The van der Waals surface area contributed by atoms with Gasteiger partial charge >= 0.3 is 6.03 Å². The number of urea groups is 1. The Morgan fingerprint density at radius 2 is 2.20 bits per heavy atom. The molecule has 1 aliphatic rings. The Balaban J connectivity index is 1.91. The maximum atomic E-state index is 12.1. The SMILES string of the molecule is CN(CC1(O)CCOCC1)C(=O)Nc1cccc(N)c1. The van der Waals surface area contributed by atoms with E-state index in [1.54, 1.807) is 31.3 Å². The second-order valence-corrected chi connectivity index (χ2v) is 5.25. The molecule has 1 aromatic rings. The first-order valence-corrected chi connectivity index (χ1v) is 6.66. The number of nitrogens with one attached hydrogen (secondary N) is 1. The molecule has 4 N–H and O–H groups in total. The van der Waals surface area contributed by atoms with Crippen molar-refractivity contribution < 1.29 is 14.6 Å². The third-order valence-electron chi connectivity index (χ3n) is 3.44. The minimum absolute atomic E-state index is 0.268. The standard InChI is InChI=1S/C14H21N3O3/c1-17(10-14(19)5-7-20-8-6-14)13(18)16-12-4-2-3-11(15)9-12/h2-4,9,19H,5-8,10,15H2,1H3,(H,16,18). The molecule has 110 valence electrons. The zero-order valence-corrected chi connectivity index (χ0v) is 11.6. The van der Waals surface area contributed by atoms with Crippen LogP contribution in [0, 0.1) is 0 Å². The van der Waals surface area contributed by atoms with Crippen LogP contribution in [-0.4, -0.2) is 48.4 Å². The minimum Gasteiger partial charge on any atom is -0.399 e. The number of nitrogen functional groups attached to an aromatic ring is 1. The van der Waals surface area contributed by atoms with Crippen LogP contribution in [0.3, 0.4) is 0 Å². The summed E-state index contributed by atoms with van der Waals surface area (Å²) in [5.41, 5.74) is 6.03. The lowest BCUT2D eigenvalue weighted by atomic mass is 9.94. The number of nitrogens with two attached hydrogens (primary N) is 1. The first-order chi connectivity index (χ1) is 9.48. The summed E-state index contributed by atoms with van der Waals surface area (Å²) < 4.78 is 5.22. The number of carbonyl (C=O) groups is 1. The van der Waals surface area contributed by atoms with Crippen molar-refractivity contribution in [2.24, 2.45) is 0 Å². The van der Waals surface area contributed by atoms with Crippen LogP contribution in [0.15, 0.2) is 24.3 Å². The van der Waals surface area contributed by atoms with Gasteiger partial charge in [-0.25, -0.2) is 4.79 Å². The minimum atomic E-state index is -0.861. The van der Waals surface area contributed by atoms with E-state index in [1.165, 1.54) is 4.90 Å². The molecule has 1 aromatic carbocycles. The summed E-state index contributed by atoms with van der Waals surface area (Å²) in [4.78, 5) is 13.6. The molecule has 1 fully saturated rings. The molecule has 1 heterocycles. The molecule has 1 aliphatic heterocycles. The number of nitrogens with zero attached hydrogens (tertiary/aromatic N) is 1. The van der Waals surface area contributed by atoms with E-state index in [-0.39, 0.29) is 12.6 Å². The molecule has 1 saturated heterocycles. The average molecular weight is 279 g/mol. The summed E-state index contributed by atoms with van der Waals surface area (Å²) in [6.45, 7) is 1.34. The third kappa shape index (κ3) is 3.85. The van der Waals surface area contributed by atoms with Gasteiger partial charge in [0.2, 0.25) is 0 Å². The predicted molar refractivity (Wildman–Crippen MR) is 77.5 cm³/mol. The van der Waals surface area contributed by atoms with Gasteiger partial charge in [-0.15, -0.1) is 0 Å². The maximum Gasteiger partial charge on any atom is 0.321 e. The molecule has 0 aliphatic carbocycles. The molecule has 0 unspecified atom stereocenters. The Morgan fingerprint density at radius 1 is 1.50 bits per heavy atom. The molecule has 0 saturated carbocycles. The van der Waals surface area contributed by atoms with E-state index in [9.17, 15) is 9.90 Å². The fourth-order valence-corrected chi connectivity index (χ4v) is 2.26. The molecule has 20 heavy (non-hydrogen) atoms. The van der Waals surface area contributed by atoms with E-state index in [2.05, 4.69) is 5.32 Å². The number of carbonyl (C=O) groups excluding carboxylic acids is 1. The van der Waals surface area contributed by atoms with Crippen LogP contribution in [0.25, 0.3) is 0 Å². The molecule has 6 nitrogen and oxygen atoms in total. The average Bonchev–Trinajstić information content (AvgIpc) is 2.39. The Labute approximate surface area is 118 Å². The molecule has 0 bridgehead atoms. The number of hydrogen-bond donors (Lipinski definition) is 3. The number of ether oxygens (including phenoxy) is 1. The van der Waals surface area contributed by atoms with Crippen LogP contribution >= 0.6 is 0 Å². The number of aliphatic hydroxyl groups is 1. The van der Waals surface area contributed by atoms with Crippen molar-refractivity contribution in [2.75, 3.05) is 37.9 Å².